The molecular formula is C20H28N2O3S. The number of hydrogen-bond donors (Lipinski definition) is 0. The highest BCUT2D eigenvalue weighted by atomic mass is 32.2. The highest BCUT2D eigenvalue weighted by Crippen LogP contribution is 2.24. The van der Waals surface area contributed by atoms with Crippen molar-refractivity contribution in [1.29, 1.82) is 0 Å². The van der Waals surface area contributed by atoms with Crippen LogP contribution in [0.4, 0.5) is 0 Å². The number of likely N-dealkylation sites (tertiary alicyclic amines) is 1. The molecule has 0 N–H and O–H groups in total. The Labute approximate surface area is 160 Å². The van der Waals surface area contributed by atoms with Crippen molar-refractivity contribution in [2.75, 3.05) is 32.4 Å². The van der Waals surface area contributed by atoms with Crippen molar-refractivity contribution in [3.05, 3.63) is 29.8 Å². The first-order chi connectivity index (χ1) is 12.5. The van der Waals surface area contributed by atoms with Crippen LogP contribution in [0.5, 0.6) is 0 Å². The molecule has 0 spiro atoms. The lowest BCUT2D eigenvalue weighted by molar-refractivity contribution is -0.148. The summed E-state index contributed by atoms with van der Waals surface area (Å²) in [7, 11) is 0. The normalized spacial score (nSPS) is 24.6. The molecule has 2 heterocycles. The predicted molar refractivity (Wildman–Crippen MR) is 103 cm³/mol. The Bertz CT molecular complexity index is 631. The van der Waals surface area contributed by atoms with Gasteiger partial charge < -0.3 is 14.5 Å². The number of amides is 2. The summed E-state index contributed by atoms with van der Waals surface area (Å²) < 4.78 is 5.72. The van der Waals surface area contributed by atoms with Gasteiger partial charge in [-0.05, 0) is 57.2 Å². The molecule has 0 saturated carbocycles. The summed E-state index contributed by atoms with van der Waals surface area (Å²) in [6, 6.07) is 7.74. The second kappa shape index (κ2) is 8.44. The van der Waals surface area contributed by atoms with Crippen LogP contribution in [0.1, 0.15) is 37.0 Å². The van der Waals surface area contributed by atoms with Gasteiger partial charge in [0.05, 0.1) is 12.2 Å². The van der Waals surface area contributed by atoms with Crippen molar-refractivity contribution in [3.63, 3.8) is 0 Å². The van der Waals surface area contributed by atoms with Gasteiger partial charge >= 0.3 is 0 Å². The Hall–Kier alpha value is -1.53. The zero-order chi connectivity index (χ0) is 18.7. The van der Waals surface area contributed by atoms with Gasteiger partial charge in [-0.2, -0.15) is 0 Å². The fraction of sp³-hybridized carbons (Fsp3) is 0.600. The van der Waals surface area contributed by atoms with Crippen molar-refractivity contribution in [2.45, 2.75) is 43.8 Å². The number of benzene rings is 1. The molecule has 2 aliphatic rings. The van der Waals surface area contributed by atoms with Gasteiger partial charge in [0.2, 0.25) is 5.91 Å². The van der Waals surface area contributed by atoms with Crippen molar-refractivity contribution < 1.29 is 14.3 Å². The third-order valence-corrected chi connectivity index (χ3v) is 5.94. The van der Waals surface area contributed by atoms with E-state index < -0.39 is 0 Å². The third-order valence-electron chi connectivity index (χ3n) is 5.20. The molecule has 2 atom stereocenters. The molecule has 2 aliphatic heterocycles. The lowest BCUT2D eigenvalue weighted by Gasteiger charge is -2.39. The van der Waals surface area contributed by atoms with Gasteiger partial charge in [0.15, 0.2) is 0 Å². The number of thioether (sulfide) groups is 1. The summed E-state index contributed by atoms with van der Waals surface area (Å²) in [6.45, 7) is 6.66. The minimum Gasteiger partial charge on any atom is -0.372 e. The molecule has 5 nitrogen and oxygen atoms in total. The molecule has 0 aliphatic carbocycles. The molecule has 1 aromatic rings. The molecule has 0 bridgehead atoms. The minimum atomic E-state index is 0.0235. The maximum Gasteiger partial charge on any atom is 0.253 e. The number of hydrogen-bond acceptors (Lipinski definition) is 4. The van der Waals surface area contributed by atoms with Crippen LogP contribution in [0.3, 0.4) is 0 Å². The van der Waals surface area contributed by atoms with Crippen molar-refractivity contribution in [1.82, 2.24) is 9.80 Å². The maximum absolute atomic E-state index is 12.8. The molecule has 0 radical (unpaired) electrons. The Morgan fingerprint density at radius 1 is 1.00 bits per heavy atom. The number of piperidine rings is 1. The molecule has 2 amide bonds. The second-order valence-corrected chi connectivity index (χ2v) is 8.18. The van der Waals surface area contributed by atoms with E-state index in [0.29, 0.717) is 26.2 Å². The Morgan fingerprint density at radius 2 is 1.58 bits per heavy atom. The fourth-order valence-electron chi connectivity index (χ4n) is 3.86. The summed E-state index contributed by atoms with van der Waals surface area (Å²) >= 11 is 1.67. The van der Waals surface area contributed by atoms with Crippen LogP contribution in [0.25, 0.3) is 0 Å². The van der Waals surface area contributed by atoms with Crippen LogP contribution in [0.2, 0.25) is 0 Å². The van der Waals surface area contributed by atoms with Crippen LogP contribution in [-0.4, -0.2) is 66.3 Å². The highest BCUT2D eigenvalue weighted by molar-refractivity contribution is 7.98. The largest absolute Gasteiger partial charge is 0.372 e. The number of ether oxygens (including phenoxy) is 1. The summed E-state index contributed by atoms with van der Waals surface area (Å²) in [6.07, 6.45) is 3.69. The minimum absolute atomic E-state index is 0.0235. The summed E-state index contributed by atoms with van der Waals surface area (Å²) in [5, 5.41) is 0. The standard InChI is InChI=1S/C20H28N2O3S/c1-14-12-22(13-15(2)25-14)20(24)17-8-10-21(11-9-17)19(23)16-4-6-18(26-3)7-5-16/h4-7,14-15,17H,8-13H2,1-3H3. The topological polar surface area (TPSA) is 49.9 Å². The molecule has 26 heavy (non-hydrogen) atoms. The van der Waals surface area contributed by atoms with E-state index >= 15 is 0 Å². The van der Waals surface area contributed by atoms with Crippen molar-refractivity contribution in [2.24, 2.45) is 5.92 Å². The van der Waals surface area contributed by atoms with Gasteiger partial charge in [-0.1, -0.05) is 0 Å². The molecule has 1 aromatic carbocycles. The number of rotatable bonds is 3. The number of carbonyl (C=O) groups excluding carboxylic acids is 2. The van der Waals surface area contributed by atoms with E-state index in [1.54, 1.807) is 11.8 Å². The lowest BCUT2D eigenvalue weighted by Crippen LogP contribution is -2.51. The highest BCUT2D eigenvalue weighted by Gasteiger charge is 2.33. The van der Waals surface area contributed by atoms with Gasteiger partial charge in [-0.25, -0.2) is 0 Å². The quantitative estimate of drug-likeness (QED) is 0.761. The van der Waals surface area contributed by atoms with Crippen molar-refractivity contribution >= 4 is 23.6 Å². The average Bonchev–Trinajstić information content (AvgIpc) is 2.66. The average molecular weight is 377 g/mol. The number of morpholine rings is 1. The van der Waals surface area contributed by atoms with E-state index in [4.69, 9.17) is 4.74 Å². The van der Waals surface area contributed by atoms with Crippen LogP contribution >= 0.6 is 11.8 Å². The smallest absolute Gasteiger partial charge is 0.253 e. The van der Waals surface area contributed by atoms with Crippen LogP contribution in [0.15, 0.2) is 29.2 Å². The summed E-state index contributed by atoms with van der Waals surface area (Å²) in [4.78, 5) is 30.5. The van der Waals surface area contributed by atoms with Gasteiger partial charge in [0.25, 0.3) is 5.91 Å². The molecule has 6 heteroatoms. The Kier molecular flexibility index (Phi) is 6.24. The van der Waals surface area contributed by atoms with Gasteiger partial charge in [-0.15, -0.1) is 11.8 Å². The zero-order valence-electron chi connectivity index (χ0n) is 15.8. The van der Waals surface area contributed by atoms with E-state index in [0.717, 1.165) is 23.3 Å². The molecule has 3 rings (SSSR count). The van der Waals surface area contributed by atoms with Crippen LogP contribution < -0.4 is 0 Å². The summed E-state index contributed by atoms with van der Waals surface area (Å²) in [5.41, 5.74) is 0.725. The Balaban J connectivity index is 1.54. The number of carbonyl (C=O) groups is 2. The molecule has 142 valence electrons. The second-order valence-electron chi connectivity index (χ2n) is 7.30. The van der Waals surface area contributed by atoms with Gasteiger partial charge in [-0.3, -0.25) is 9.59 Å². The van der Waals surface area contributed by atoms with Crippen LogP contribution in [0, 0.1) is 5.92 Å². The molecule has 2 fully saturated rings. The zero-order valence-corrected chi connectivity index (χ0v) is 16.6. The Morgan fingerprint density at radius 3 is 2.12 bits per heavy atom. The van der Waals surface area contributed by atoms with E-state index in [-0.39, 0.29) is 29.9 Å². The SMILES string of the molecule is CSc1ccc(C(=O)N2CCC(C(=O)N3CC(C)OC(C)C3)CC2)cc1. The van der Waals surface area contributed by atoms with Crippen molar-refractivity contribution in [3.8, 4) is 0 Å². The molecule has 2 unspecified atom stereocenters. The van der Waals surface area contributed by atoms with Crippen LogP contribution in [-0.2, 0) is 9.53 Å². The van der Waals surface area contributed by atoms with Gasteiger partial charge in [0.1, 0.15) is 0 Å². The first kappa shape index (κ1) is 19.2. The lowest BCUT2D eigenvalue weighted by atomic mass is 9.94. The first-order valence-corrected chi connectivity index (χ1v) is 10.6. The number of nitrogens with zero attached hydrogens (tertiary/aromatic N) is 2. The van der Waals surface area contributed by atoms with Gasteiger partial charge in [0, 0.05) is 42.6 Å². The summed E-state index contributed by atoms with van der Waals surface area (Å²) in [5.74, 6) is 0.316. The predicted octanol–water partition coefficient (Wildman–Crippen LogP) is 2.90. The molecule has 2 saturated heterocycles. The third kappa shape index (κ3) is 4.41. The van der Waals surface area contributed by atoms with E-state index in [2.05, 4.69) is 0 Å². The van der Waals surface area contributed by atoms with E-state index in [1.165, 1.54) is 0 Å². The molecular weight excluding hydrogens is 348 g/mol. The van der Waals surface area contributed by atoms with E-state index in [1.807, 2.05) is 54.2 Å². The monoisotopic (exact) mass is 376 g/mol. The maximum atomic E-state index is 12.8. The molecule has 0 aromatic heterocycles. The van der Waals surface area contributed by atoms with E-state index in [9.17, 15) is 9.59 Å². The first-order valence-electron chi connectivity index (χ1n) is 9.35. The fourth-order valence-corrected chi connectivity index (χ4v) is 4.27.